The van der Waals surface area contributed by atoms with Crippen LogP contribution in [-0.4, -0.2) is 18.2 Å². The van der Waals surface area contributed by atoms with Crippen LogP contribution in [0.4, 0.5) is 0 Å². The molecule has 0 spiro atoms. The molecule has 108 valence electrons. The van der Waals surface area contributed by atoms with Gasteiger partial charge in [-0.3, -0.25) is 4.79 Å². The largest absolute Gasteiger partial charge is 0.484 e. The number of hydrogen-bond donors (Lipinski definition) is 1. The van der Waals surface area contributed by atoms with E-state index < -0.39 is 0 Å². The molecule has 0 radical (unpaired) electrons. The molecule has 0 aromatic heterocycles. The Morgan fingerprint density at radius 1 is 1.45 bits per heavy atom. The Morgan fingerprint density at radius 3 is 3.05 bits per heavy atom. The minimum atomic E-state index is -0.211. The molecule has 1 fully saturated rings. The van der Waals surface area contributed by atoms with E-state index in [0.717, 1.165) is 24.1 Å². The van der Waals surface area contributed by atoms with Crippen LogP contribution in [0, 0.1) is 12.8 Å². The number of benzene rings is 1. The van der Waals surface area contributed by atoms with Gasteiger partial charge < -0.3 is 4.74 Å². The molecule has 1 atom stereocenters. The number of ether oxygens (including phenoxy) is 1. The van der Waals surface area contributed by atoms with Crippen molar-refractivity contribution in [2.24, 2.45) is 11.0 Å². The number of nitrogens with zero attached hydrogens (tertiary/aromatic N) is 1. The Labute approximate surface area is 120 Å². The van der Waals surface area contributed by atoms with Crippen molar-refractivity contribution >= 4 is 11.6 Å². The van der Waals surface area contributed by atoms with Gasteiger partial charge in [0.15, 0.2) is 6.61 Å². The van der Waals surface area contributed by atoms with Gasteiger partial charge in [0.05, 0.1) is 0 Å². The lowest BCUT2D eigenvalue weighted by atomic mass is 9.89. The summed E-state index contributed by atoms with van der Waals surface area (Å²) in [6.45, 7) is 4.14. The number of nitrogens with one attached hydrogen (secondary N) is 1. The Morgan fingerprint density at radius 2 is 2.30 bits per heavy atom. The molecular formula is C16H22N2O2. The van der Waals surface area contributed by atoms with Gasteiger partial charge >= 0.3 is 0 Å². The topological polar surface area (TPSA) is 50.7 Å². The summed E-state index contributed by atoms with van der Waals surface area (Å²) in [5, 5.41) is 4.23. The smallest absolute Gasteiger partial charge is 0.277 e. The Bertz CT molecular complexity index is 497. The lowest BCUT2D eigenvalue weighted by Crippen LogP contribution is -2.28. The van der Waals surface area contributed by atoms with Crippen molar-refractivity contribution in [2.75, 3.05) is 6.61 Å². The van der Waals surface area contributed by atoms with Gasteiger partial charge in [-0.25, -0.2) is 5.43 Å². The zero-order valence-corrected chi connectivity index (χ0v) is 12.2. The summed E-state index contributed by atoms with van der Waals surface area (Å²) in [6.07, 6.45) is 4.57. The highest BCUT2D eigenvalue weighted by atomic mass is 16.5. The van der Waals surface area contributed by atoms with Crippen LogP contribution < -0.4 is 10.2 Å². The van der Waals surface area contributed by atoms with Crippen molar-refractivity contribution in [3.8, 4) is 5.75 Å². The second-order valence-electron chi connectivity index (χ2n) is 5.39. The van der Waals surface area contributed by atoms with E-state index >= 15 is 0 Å². The predicted octanol–water partition coefficient (Wildman–Crippen LogP) is 3.06. The van der Waals surface area contributed by atoms with Gasteiger partial charge in [0.1, 0.15) is 5.75 Å². The normalized spacial score (nSPS) is 20.7. The molecular weight excluding hydrogens is 252 g/mol. The maximum Gasteiger partial charge on any atom is 0.277 e. The molecule has 1 N–H and O–H groups in total. The van der Waals surface area contributed by atoms with Gasteiger partial charge in [-0.1, -0.05) is 25.5 Å². The second kappa shape index (κ2) is 7.08. The highest BCUT2D eigenvalue weighted by molar-refractivity contribution is 5.88. The number of rotatable bonds is 4. The van der Waals surface area contributed by atoms with Crippen LogP contribution in [0.2, 0.25) is 0 Å². The third-order valence-electron chi connectivity index (χ3n) is 3.57. The van der Waals surface area contributed by atoms with E-state index in [2.05, 4.69) is 17.5 Å². The van der Waals surface area contributed by atoms with Gasteiger partial charge in [0, 0.05) is 5.71 Å². The van der Waals surface area contributed by atoms with Crippen molar-refractivity contribution in [3.05, 3.63) is 29.8 Å². The first kappa shape index (κ1) is 14.6. The van der Waals surface area contributed by atoms with Crippen molar-refractivity contribution < 1.29 is 9.53 Å². The molecule has 4 nitrogen and oxygen atoms in total. The van der Waals surface area contributed by atoms with Crippen molar-refractivity contribution in [2.45, 2.75) is 39.5 Å². The van der Waals surface area contributed by atoms with Crippen molar-refractivity contribution in [3.63, 3.8) is 0 Å². The van der Waals surface area contributed by atoms with Gasteiger partial charge in [0.2, 0.25) is 0 Å². The summed E-state index contributed by atoms with van der Waals surface area (Å²) in [4.78, 5) is 11.7. The molecule has 0 saturated heterocycles. The van der Waals surface area contributed by atoms with E-state index in [1.165, 1.54) is 12.8 Å². The lowest BCUT2D eigenvalue weighted by molar-refractivity contribution is -0.123. The molecule has 2 rings (SSSR count). The SMILES string of the molecule is Cc1cccc(OCC(=O)N/N=C2/CCCC[C@@H]2C)c1. The van der Waals surface area contributed by atoms with Crippen LogP contribution in [-0.2, 0) is 4.79 Å². The van der Waals surface area contributed by atoms with Gasteiger partial charge in [-0.15, -0.1) is 0 Å². The second-order valence-corrected chi connectivity index (χ2v) is 5.39. The average Bonchev–Trinajstić information content (AvgIpc) is 2.44. The van der Waals surface area contributed by atoms with Crippen LogP contribution >= 0.6 is 0 Å². The van der Waals surface area contributed by atoms with Crippen LogP contribution in [0.25, 0.3) is 0 Å². The van der Waals surface area contributed by atoms with E-state index in [1.54, 1.807) is 0 Å². The Kier molecular flexibility index (Phi) is 5.16. The Hall–Kier alpha value is -1.84. The molecule has 0 heterocycles. The van der Waals surface area contributed by atoms with Gasteiger partial charge in [-0.05, 0) is 49.8 Å². The van der Waals surface area contributed by atoms with Crippen molar-refractivity contribution in [1.29, 1.82) is 0 Å². The van der Waals surface area contributed by atoms with E-state index in [4.69, 9.17) is 4.74 Å². The first-order chi connectivity index (χ1) is 9.65. The molecule has 1 saturated carbocycles. The summed E-state index contributed by atoms with van der Waals surface area (Å²) < 4.78 is 5.43. The van der Waals surface area contributed by atoms with Crippen LogP contribution in [0.1, 0.15) is 38.2 Å². The Balaban J connectivity index is 1.79. The van der Waals surface area contributed by atoms with E-state index in [-0.39, 0.29) is 12.5 Å². The fraction of sp³-hybridized carbons (Fsp3) is 0.500. The fourth-order valence-electron chi connectivity index (χ4n) is 2.36. The van der Waals surface area contributed by atoms with E-state index in [0.29, 0.717) is 11.7 Å². The standard InChI is InChI=1S/C16H22N2O2/c1-12-6-5-8-14(10-12)20-11-16(19)18-17-15-9-4-3-7-13(15)2/h5-6,8,10,13H,3-4,7,9,11H2,1-2H3,(H,18,19)/b17-15-/t13-/m0/s1. The summed E-state index contributed by atoms with van der Waals surface area (Å²) in [5.41, 5.74) is 4.80. The van der Waals surface area contributed by atoms with Crippen LogP contribution in [0.15, 0.2) is 29.4 Å². The summed E-state index contributed by atoms with van der Waals surface area (Å²) in [7, 11) is 0. The molecule has 1 aromatic rings. The summed E-state index contributed by atoms with van der Waals surface area (Å²) in [6, 6.07) is 7.65. The molecule has 1 amide bonds. The summed E-state index contributed by atoms with van der Waals surface area (Å²) >= 11 is 0. The highest BCUT2D eigenvalue weighted by Gasteiger charge is 2.16. The predicted molar refractivity (Wildman–Crippen MR) is 79.9 cm³/mol. The number of hydrazone groups is 1. The van der Waals surface area contributed by atoms with Crippen LogP contribution in [0.5, 0.6) is 5.75 Å². The fourth-order valence-corrected chi connectivity index (χ4v) is 2.36. The molecule has 0 aliphatic heterocycles. The zero-order valence-electron chi connectivity index (χ0n) is 12.2. The molecule has 0 bridgehead atoms. The lowest BCUT2D eigenvalue weighted by Gasteiger charge is -2.19. The highest BCUT2D eigenvalue weighted by Crippen LogP contribution is 2.20. The third kappa shape index (κ3) is 4.37. The van der Waals surface area contributed by atoms with Crippen molar-refractivity contribution in [1.82, 2.24) is 5.43 Å². The average molecular weight is 274 g/mol. The molecule has 1 aliphatic rings. The number of carbonyl (C=O) groups is 1. The monoisotopic (exact) mass is 274 g/mol. The van der Waals surface area contributed by atoms with Crippen LogP contribution in [0.3, 0.4) is 0 Å². The zero-order chi connectivity index (χ0) is 14.4. The first-order valence-corrected chi connectivity index (χ1v) is 7.20. The molecule has 4 heteroatoms. The van der Waals surface area contributed by atoms with E-state index in [1.807, 2.05) is 31.2 Å². The molecule has 1 aromatic carbocycles. The third-order valence-corrected chi connectivity index (χ3v) is 3.57. The number of amides is 1. The number of carbonyl (C=O) groups excluding carboxylic acids is 1. The summed E-state index contributed by atoms with van der Waals surface area (Å²) in [5.74, 6) is 0.970. The maximum absolute atomic E-state index is 11.7. The minimum Gasteiger partial charge on any atom is -0.484 e. The van der Waals surface area contributed by atoms with Gasteiger partial charge in [0.25, 0.3) is 5.91 Å². The quantitative estimate of drug-likeness (QED) is 0.858. The number of hydrogen-bond acceptors (Lipinski definition) is 3. The molecule has 20 heavy (non-hydrogen) atoms. The number of aryl methyl sites for hydroxylation is 1. The molecule has 0 unspecified atom stereocenters. The van der Waals surface area contributed by atoms with E-state index in [9.17, 15) is 4.79 Å². The molecule has 1 aliphatic carbocycles. The van der Waals surface area contributed by atoms with Gasteiger partial charge in [-0.2, -0.15) is 5.10 Å². The minimum absolute atomic E-state index is 0.00534. The first-order valence-electron chi connectivity index (χ1n) is 7.20. The maximum atomic E-state index is 11.7.